The lowest BCUT2D eigenvalue weighted by atomic mass is 10.1. The Morgan fingerprint density at radius 2 is 0.976 bits per heavy atom. The number of benzene rings is 6. The van der Waals surface area contributed by atoms with Gasteiger partial charge in [0.25, 0.3) is 5.69 Å². The highest BCUT2D eigenvalue weighted by atomic mass is 28.3. The Labute approximate surface area is 238 Å². The zero-order valence-corrected chi connectivity index (χ0v) is 23.2. The Hall–Kier alpha value is -5.26. The predicted molar refractivity (Wildman–Crippen MR) is 171 cm³/mol. The molecule has 0 N–H and O–H groups in total. The van der Waals surface area contributed by atoms with Crippen LogP contribution in [0.15, 0.2) is 158 Å². The molecule has 5 heteroatoms. The number of nitrogens with zero attached hydrogens (tertiary/aromatic N) is 2. The van der Waals surface area contributed by atoms with Gasteiger partial charge in [0.05, 0.1) is 16.0 Å². The van der Waals surface area contributed by atoms with Crippen LogP contribution in [0.25, 0.3) is 27.5 Å². The summed E-state index contributed by atoms with van der Waals surface area (Å²) in [5.41, 5.74) is 3.53. The quantitative estimate of drug-likeness (QED) is 0.110. The molecule has 0 amide bonds. The Kier molecular flexibility index (Phi) is 6.06. The number of fused-ring (bicyclic) bond motifs is 3. The Morgan fingerprint density at radius 3 is 1.59 bits per heavy atom. The molecular formula is C36H26N2O2Si. The van der Waals surface area contributed by atoms with Gasteiger partial charge in [0.1, 0.15) is 0 Å². The Balaban J connectivity index is 1.59. The largest absolute Gasteiger partial charge is 0.309 e. The monoisotopic (exact) mass is 546 g/mol. The summed E-state index contributed by atoms with van der Waals surface area (Å²) in [7, 11) is -2.86. The minimum absolute atomic E-state index is 0.0964. The van der Waals surface area contributed by atoms with Crippen molar-refractivity contribution in [3.05, 3.63) is 168 Å². The van der Waals surface area contributed by atoms with E-state index in [0.717, 1.165) is 21.9 Å². The molecule has 0 saturated carbocycles. The third-order valence-electron chi connectivity index (χ3n) is 8.04. The van der Waals surface area contributed by atoms with E-state index in [9.17, 15) is 10.1 Å². The number of nitro groups is 1. The Morgan fingerprint density at radius 1 is 0.488 bits per heavy atom. The fraction of sp³-hybridized carbons (Fsp3) is 0. The van der Waals surface area contributed by atoms with E-state index in [1.807, 2.05) is 30.3 Å². The summed E-state index contributed by atoms with van der Waals surface area (Å²) in [6, 6.07) is 54.4. The van der Waals surface area contributed by atoms with Gasteiger partial charge in [-0.2, -0.15) is 0 Å². The average molecular weight is 547 g/mol. The van der Waals surface area contributed by atoms with Crippen molar-refractivity contribution in [2.45, 2.75) is 0 Å². The summed E-state index contributed by atoms with van der Waals surface area (Å²) in [6.07, 6.45) is 0. The van der Waals surface area contributed by atoms with Crippen LogP contribution in [0.1, 0.15) is 0 Å². The van der Waals surface area contributed by atoms with Crippen LogP contribution in [-0.4, -0.2) is 17.6 Å². The van der Waals surface area contributed by atoms with Crippen molar-refractivity contribution in [2.75, 3.05) is 0 Å². The molecule has 196 valence electrons. The normalized spacial score (nSPS) is 11.6. The molecule has 0 spiro atoms. The molecule has 1 aromatic heterocycles. The molecule has 1 heterocycles. The molecule has 7 rings (SSSR count). The van der Waals surface area contributed by atoms with E-state index >= 15 is 0 Å². The zero-order valence-electron chi connectivity index (χ0n) is 22.2. The predicted octanol–water partition coefficient (Wildman–Crippen LogP) is 6.07. The summed E-state index contributed by atoms with van der Waals surface area (Å²) in [4.78, 5) is 11.2. The van der Waals surface area contributed by atoms with E-state index in [1.54, 1.807) is 12.1 Å². The van der Waals surface area contributed by atoms with Gasteiger partial charge in [-0.15, -0.1) is 0 Å². The number of non-ortho nitro benzene ring substituents is 1. The fourth-order valence-corrected chi connectivity index (χ4v) is 11.0. The van der Waals surface area contributed by atoms with Crippen molar-refractivity contribution in [3.8, 4) is 5.69 Å². The van der Waals surface area contributed by atoms with E-state index < -0.39 is 8.07 Å². The molecule has 0 aliphatic carbocycles. The van der Waals surface area contributed by atoms with Crippen LogP contribution in [0.2, 0.25) is 0 Å². The van der Waals surface area contributed by atoms with Crippen LogP contribution >= 0.6 is 0 Å². The van der Waals surface area contributed by atoms with E-state index in [4.69, 9.17) is 0 Å². The minimum atomic E-state index is -2.86. The van der Waals surface area contributed by atoms with Crippen LogP contribution < -0.4 is 20.7 Å². The molecule has 6 aromatic carbocycles. The van der Waals surface area contributed by atoms with E-state index in [0.29, 0.717) is 0 Å². The molecule has 0 bridgehead atoms. The topological polar surface area (TPSA) is 48.1 Å². The zero-order chi connectivity index (χ0) is 27.8. The highest BCUT2D eigenvalue weighted by Gasteiger charge is 2.42. The van der Waals surface area contributed by atoms with Gasteiger partial charge < -0.3 is 4.57 Å². The number of para-hydroxylation sites is 2. The van der Waals surface area contributed by atoms with Crippen LogP contribution in [0.4, 0.5) is 5.69 Å². The maximum Gasteiger partial charge on any atom is 0.269 e. The van der Waals surface area contributed by atoms with Crippen LogP contribution in [-0.2, 0) is 0 Å². The molecule has 0 atom stereocenters. The lowest BCUT2D eigenvalue weighted by molar-refractivity contribution is -0.384. The van der Waals surface area contributed by atoms with Gasteiger partial charge in [0, 0.05) is 28.6 Å². The summed E-state index contributed by atoms with van der Waals surface area (Å²) in [5, 5.41) is 18.7. The van der Waals surface area contributed by atoms with Gasteiger partial charge in [-0.25, -0.2) is 0 Å². The number of nitro benzene ring substituents is 1. The maximum atomic E-state index is 11.6. The maximum absolute atomic E-state index is 11.6. The first-order valence-corrected chi connectivity index (χ1v) is 15.6. The highest BCUT2D eigenvalue weighted by Crippen LogP contribution is 2.32. The molecule has 0 radical (unpaired) electrons. The third kappa shape index (κ3) is 3.98. The Bertz CT molecular complexity index is 1960. The van der Waals surface area contributed by atoms with Crippen molar-refractivity contribution < 1.29 is 4.92 Å². The van der Waals surface area contributed by atoms with Gasteiger partial charge in [0.2, 0.25) is 0 Å². The molecule has 7 aromatic rings. The highest BCUT2D eigenvalue weighted by molar-refractivity contribution is 7.20. The number of rotatable bonds is 6. The summed E-state index contributed by atoms with van der Waals surface area (Å²) >= 11 is 0. The second kappa shape index (κ2) is 10.0. The lowest BCUT2D eigenvalue weighted by Crippen LogP contribution is -2.74. The van der Waals surface area contributed by atoms with Gasteiger partial charge in [-0.1, -0.05) is 121 Å². The van der Waals surface area contributed by atoms with E-state index in [-0.39, 0.29) is 10.6 Å². The van der Waals surface area contributed by atoms with Crippen molar-refractivity contribution in [1.82, 2.24) is 4.57 Å². The first kappa shape index (κ1) is 24.8. The molecular weight excluding hydrogens is 520 g/mol. The van der Waals surface area contributed by atoms with Crippen molar-refractivity contribution >= 4 is 56.3 Å². The minimum Gasteiger partial charge on any atom is -0.309 e. The molecule has 41 heavy (non-hydrogen) atoms. The van der Waals surface area contributed by atoms with Gasteiger partial charge >= 0.3 is 0 Å². The van der Waals surface area contributed by atoms with Crippen molar-refractivity contribution in [3.63, 3.8) is 0 Å². The SMILES string of the molecule is O=[N+]([O-])c1ccc([Si](c2ccccc2)(c2ccccc2)c2ccc3c(c2)c2ccccc2n3-c2ccccc2)cc1. The third-order valence-corrected chi connectivity index (χ3v) is 12.8. The molecule has 0 unspecified atom stereocenters. The second-order valence-corrected chi connectivity index (χ2v) is 14.0. The lowest BCUT2D eigenvalue weighted by Gasteiger charge is -2.34. The molecule has 0 aliphatic heterocycles. The van der Waals surface area contributed by atoms with Crippen LogP contribution in [0.5, 0.6) is 0 Å². The summed E-state index contributed by atoms with van der Waals surface area (Å²) in [5.74, 6) is 0. The average Bonchev–Trinajstić information content (AvgIpc) is 3.37. The van der Waals surface area contributed by atoms with Gasteiger partial charge in [0.15, 0.2) is 8.07 Å². The molecule has 4 nitrogen and oxygen atoms in total. The van der Waals surface area contributed by atoms with Crippen LogP contribution in [0, 0.1) is 10.1 Å². The van der Waals surface area contributed by atoms with Gasteiger partial charge in [-0.05, 0) is 45.0 Å². The fourth-order valence-electron chi connectivity index (χ4n) is 6.27. The van der Waals surface area contributed by atoms with E-state index in [1.165, 1.54) is 26.3 Å². The number of aromatic nitrogens is 1. The molecule has 0 aliphatic rings. The van der Waals surface area contributed by atoms with E-state index in [2.05, 4.69) is 120 Å². The first-order chi connectivity index (χ1) is 20.2. The number of hydrogen-bond acceptors (Lipinski definition) is 2. The summed E-state index contributed by atoms with van der Waals surface area (Å²) < 4.78 is 2.33. The standard InChI is InChI=1S/C36H26N2O2Si/c39-38(40)28-20-22-31(23-21-28)41(29-14-6-2-7-15-29,30-16-8-3-9-17-30)32-24-25-36-34(26-32)33-18-10-11-19-35(33)37(36)27-12-4-1-5-13-27/h1-26H. The first-order valence-electron chi connectivity index (χ1n) is 13.6. The second-order valence-electron chi connectivity index (χ2n) is 10.2. The smallest absolute Gasteiger partial charge is 0.269 e. The van der Waals surface area contributed by atoms with Crippen molar-refractivity contribution in [2.24, 2.45) is 0 Å². The molecule has 0 fully saturated rings. The molecule has 0 saturated heterocycles. The van der Waals surface area contributed by atoms with Crippen LogP contribution in [0.3, 0.4) is 0 Å². The summed E-state index contributed by atoms with van der Waals surface area (Å²) in [6.45, 7) is 0. The van der Waals surface area contributed by atoms with Crippen molar-refractivity contribution in [1.29, 1.82) is 0 Å². The number of hydrogen-bond donors (Lipinski definition) is 0. The van der Waals surface area contributed by atoms with Gasteiger partial charge in [-0.3, -0.25) is 10.1 Å².